The Bertz CT molecular complexity index is 1380. The summed E-state index contributed by atoms with van der Waals surface area (Å²) in [7, 11) is 0. The topological polar surface area (TPSA) is 65.1 Å². The second-order valence-electron chi connectivity index (χ2n) is 8.63. The Morgan fingerprint density at radius 1 is 0.974 bits per heavy atom. The largest absolute Gasteiger partial charge is 0.491 e. The Balaban J connectivity index is 1.46. The third-order valence-corrected chi connectivity index (χ3v) is 7.46. The minimum Gasteiger partial charge on any atom is -0.491 e. The van der Waals surface area contributed by atoms with Crippen LogP contribution in [0.5, 0.6) is 17.2 Å². The molecular formula is C29H27BrClNO5S. The monoisotopic (exact) mass is 615 g/mol. The highest BCUT2D eigenvalue weighted by atomic mass is 79.9. The molecule has 1 heterocycles. The van der Waals surface area contributed by atoms with Gasteiger partial charge in [-0.2, -0.15) is 0 Å². The highest BCUT2D eigenvalue weighted by Gasteiger charge is 2.35. The third-order valence-electron chi connectivity index (χ3n) is 5.72. The molecule has 1 aliphatic rings. The molecule has 3 aromatic rings. The number of hydrogen-bond donors (Lipinski definition) is 0. The minimum atomic E-state index is -0.346. The maximum absolute atomic E-state index is 13.0. The van der Waals surface area contributed by atoms with E-state index in [1.165, 1.54) is 4.90 Å². The van der Waals surface area contributed by atoms with E-state index in [1.807, 2.05) is 69.3 Å². The predicted molar refractivity (Wildman–Crippen MR) is 155 cm³/mol. The number of benzene rings is 3. The first-order valence-electron chi connectivity index (χ1n) is 12.0. The van der Waals surface area contributed by atoms with Crippen LogP contribution in [0, 0.1) is 13.8 Å². The number of halogens is 2. The van der Waals surface area contributed by atoms with Crippen LogP contribution in [0.3, 0.4) is 0 Å². The summed E-state index contributed by atoms with van der Waals surface area (Å²) < 4.78 is 18.4. The van der Waals surface area contributed by atoms with E-state index in [1.54, 1.807) is 12.1 Å². The first-order valence-corrected chi connectivity index (χ1v) is 14.0. The molecular weight excluding hydrogens is 590 g/mol. The quantitative estimate of drug-likeness (QED) is 0.217. The van der Waals surface area contributed by atoms with Crippen molar-refractivity contribution in [2.24, 2.45) is 0 Å². The van der Waals surface area contributed by atoms with Crippen LogP contribution in [0.2, 0.25) is 5.02 Å². The van der Waals surface area contributed by atoms with Crippen molar-refractivity contribution in [2.75, 3.05) is 19.8 Å². The average Bonchev–Trinajstić information content (AvgIpc) is 3.14. The number of hydrogen-bond acceptors (Lipinski definition) is 6. The van der Waals surface area contributed by atoms with Crippen molar-refractivity contribution in [1.82, 2.24) is 4.90 Å². The first kappa shape index (κ1) is 28.1. The van der Waals surface area contributed by atoms with Crippen LogP contribution in [0.4, 0.5) is 4.79 Å². The minimum absolute atomic E-state index is 0.167. The molecule has 4 rings (SSSR count). The molecule has 0 aliphatic carbocycles. The van der Waals surface area contributed by atoms with Gasteiger partial charge in [0, 0.05) is 5.02 Å². The molecule has 6 nitrogen and oxygen atoms in total. The van der Waals surface area contributed by atoms with Gasteiger partial charge < -0.3 is 14.2 Å². The van der Waals surface area contributed by atoms with E-state index < -0.39 is 0 Å². The van der Waals surface area contributed by atoms with Gasteiger partial charge in [0.15, 0.2) is 11.5 Å². The normalized spacial score (nSPS) is 14.3. The van der Waals surface area contributed by atoms with Gasteiger partial charge in [0.25, 0.3) is 11.1 Å². The number of nitrogens with zero attached hydrogens (tertiary/aromatic N) is 1. The Hall–Kier alpha value is -2.94. The van der Waals surface area contributed by atoms with E-state index in [0.29, 0.717) is 44.7 Å². The number of carbonyl (C=O) groups excluding carboxylic acids is 2. The second-order valence-corrected chi connectivity index (χ2v) is 10.9. The smallest absolute Gasteiger partial charge is 0.293 e. The van der Waals surface area contributed by atoms with E-state index in [9.17, 15) is 9.59 Å². The molecule has 0 atom stereocenters. The molecule has 0 aromatic heterocycles. The van der Waals surface area contributed by atoms with E-state index in [-0.39, 0.29) is 24.3 Å². The summed E-state index contributed by atoms with van der Waals surface area (Å²) in [5.41, 5.74) is 3.75. The summed E-state index contributed by atoms with van der Waals surface area (Å²) in [4.78, 5) is 27.2. The second kappa shape index (κ2) is 12.7. The van der Waals surface area contributed by atoms with Crippen LogP contribution in [-0.4, -0.2) is 35.8 Å². The van der Waals surface area contributed by atoms with Gasteiger partial charge in [-0.15, -0.1) is 0 Å². The Morgan fingerprint density at radius 2 is 1.74 bits per heavy atom. The molecule has 198 valence electrons. The van der Waals surface area contributed by atoms with Crippen molar-refractivity contribution < 1.29 is 23.8 Å². The summed E-state index contributed by atoms with van der Waals surface area (Å²) >= 11 is 10.4. The van der Waals surface area contributed by atoms with Crippen molar-refractivity contribution in [3.8, 4) is 17.2 Å². The first-order chi connectivity index (χ1) is 18.2. The van der Waals surface area contributed by atoms with Gasteiger partial charge >= 0.3 is 0 Å². The fourth-order valence-corrected chi connectivity index (χ4v) is 5.33. The lowest BCUT2D eigenvalue weighted by Crippen LogP contribution is -2.32. The lowest BCUT2D eigenvalue weighted by atomic mass is 10.1. The fraction of sp³-hybridized carbons (Fsp3) is 0.241. The molecule has 1 fully saturated rings. The van der Waals surface area contributed by atoms with Gasteiger partial charge in [-0.25, -0.2) is 0 Å². The lowest BCUT2D eigenvalue weighted by Gasteiger charge is -2.15. The summed E-state index contributed by atoms with van der Waals surface area (Å²) in [5, 5.41) is 0.338. The number of carbonyl (C=O) groups is 2. The summed E-state index contributed by atoms with van der Waals surface area (Å²) in [6.07, 6.45) is 1.69. The van der Waals surface area contributed by atoms with Crippen molar-refractivity contribution >= 4 is 56.5 Å². The van der Waals surface area contributed by atoms with Gasteiger partial charge in [0.1, 0.15) is 19.0 Å². The Kier molecular flexibility index (Phi) is 9.41. The molecule has 2 amide bonds. The number of amides is 2. The zero-order valence-corrected chi connectivity index (χ0v) is 24.4. The van der Waals surface area contributed by atoms with Crippen LogP contribution in [0.15, 0.2) is 64.0 Å². The third kappa shape index (κ3) is 6.92. The highest BCUT2D eigenvalue weighted by molar-refractivity contribution is 9.10. The Morgan fingerprint density at radius 3 is 2.47 bits per heavy atom. The Labute approximate surface area is 240 Å². The molecule has 0 unspecified atom stereocenters. The number of rotatable bonds is 10. The molecule has 38 heavy (non-hydrogen) atoms. The number of ether oxygens (including phenoxy) is 3. The zero-order chi connectivity index (χ0) is 27.2. The van der Waals surface area contributed by atoms with Crippen molar-refractivity contribution in [3.05, 3.63) is 91.3 Å². The number of imide groups is 1. The van der Waals surface area contributed by atoms with Gasteiger partial charge in [-0.1, -0.05) is 35.9 Å². The van der Waals surface area contributed by atoms with E-state index in [2.05, 4.69) is 15.9 Å². The maximum Gasteiger partial charge on any atom is 0.293 e. The molecule has 0 spiro atoms. The summed E-state index contributed by atoms with van der Waals surface area (Å²) in [5.74, 6) is 1.49. The van der Waals surface area contributed by atoms with Gasteiger partial charge in [-0.05, 0) is 107 Å². The van der Waals surface area contributed by atoms with Crippen LogP contribution in [0.25, 0.3) is 6.08 Å². The van der Waals surface area contributed by atoms with Gasteiger partial charge in [-0.3, -0.25) is 14.5 Å². The predicted octanol–water partition coefficient (Wildman–Crippen LogP) is 7.81. The van der Waals surface area contributed by atoms with E-state index >= 15 is 0 Å². The summed E-state index contributed by atoms with van der Waals surface area (Å²) in [6, 6.07) is 17.0. The maximum atomic E-state index is 13.0. The molecule has 1 aliphatic heterocycles. The lowest BCUT2D eigenvalue weighted by molar-refractivity contribution is -0.123. The number of aryl methyl sites for hydroxylation is 2. The fourth-order valence-electron chi connectivity index (χ4n) is 3.76. The van der Waals surface area contributed by atoms with Crippen molar-refractivity contribution in [1.29, 1.82) is 0 Å². The molecule has 3 aromatic carbocycles. The molecule has 9 heteroatoms. The standard InChI is InChI=1S/C29H27BrClNO5S/c1-4-35-25-15-21(14-23(30)27(25)37-17-20-7-9-22(31)10-8-20)16-26-28(33)32(29(34)38-26)11-12-36-24-13-18(2)5-6-19(24)3/h5-10,13-16H,4,11-12,17H2,1-3H3/b26-16-. The SMILES string of the molecule is CCOc1cc(/C=C2\SC(=O)N(CCOc3cc(C)ccc3C)C2=O)cc(Br)c1OCc1ccc(Cl)cc1. The van der Waals surface area contributed by atoms with Crippen molar-refractivity contribution in [3.63, 3.8) is 0 Å². The van der Waals surface area contributed by atoms with E-state index in [0.717, 1.165) is 34.2 Å². The molecule has 1 saturated heterocycles. The zero-order valence-electron chi connectivity index (χ0n) is 21.3. The summed E-state index contributed by atoms with van der Waals surface area (Å²) in [6.45, 7) is 6.98. The van der Waals surface area contributed by atoms with Crippen LogP contribution < -0.4 is 14.2 Å². The average molecular weight is 617 g/mol. The van der Waals surface area contributed by atoms with Crippen LogP contribution in [0.1, 0.15) is 29.2 Å². The van der Waals surface area contributed by atoms with Crippen LogP contribution in [-0.2, 0) is 11.4 Å². The van der Waals surface area contributed by atoms with Crippen LogP contribution >= 0.6 is 39.3 Å². The van der Waals surface area contributed by atoms with Crippen molar-refractivity contribution in [2.45, 2.75) is 27.4 Å². The molecule has 0 bridgehead atoms. The van der Waals surface area contributed by atoms with Gasteiger partial charge in [0.05, 0.1) is 22.5 Å². The molecule has 0 radical (unpaired) electrons. The van der Waals surface area contributed by atoms with Gasteiger partial charge in [0.2, 0.25) is 0 Å². The molecule has 0 N–H and O–H groups in total. The highest BCUT2D eigenvalue weighted by Crippen LogP contribution is 2.39. The number of thioether (sulfide) groups is 1. The molecule has 0 saturated carbocycles. The van der Waals surface area contributed by atoms with E-state index in [4.69, 9.17) is 25.8 Å².